The van der Waals surface area contributed by atoms with Crippen LogP contribution in [0.2, 0.25) is 0 Å². The van der Waals surface area contributed by atoms with Gasteiger partial charge in [-0.2, -0.15) is 10.4 Å². The zero-order valence-electron chi connectivity index (χ0n) is 22.0. The highest BCUT2D eigenvalue weighted by molar-refractivity contribution is 5.98. The first-order valence-corrected chi connectivity index (χ1v) is 13.1. The molecule has 6 rings (SSSR count). The molecule has 3 aromatic rings. The molecule has 0 spiro atoms. The van der Waals surface area contributed by atoms with E-state index < -0.39 is 29.0 Å². The second-order valence-corrected chi connectivity index (χ2v) is 10.6. The van der Waals surface area contributed by atoms with Gasteiger partial charge in [0.15, 0.2) is 17.7 Å². The van der Waals surface area contributed by atoms with Crippen LogP contribution in [0, 0.1) is 28.1 Å². The third kappa shape index (κ3) is 5.51. The van der Waals surface area contributed by atoms with Gasteiger partial charge in [-0.05, 0) is 61.6 Å². The molecule has 3 aliphatic rings. The van der Waals surface area contributed by atoms with Crippen LogP contribution < -0.4 is 21.7 Å². The summed E-state index contributed by atoms with van der Waals surface area (Å²) in [4.78, 5) is 46.2. The Balaban J connectivity index is 1.29. The monoisotopic (exact) mass is 561 g/mol. The van der Waals surface area contributed by atoms with Crippen LogP contribution in [0.15, 0.2) is 41.5 Å². The van der Waals surface area contributed by atoms with Crippen molar-refractivity contribution in [2.75, 3.05) is 6.54 Å². The Hall–Kier alpha value is -5.06. The number of rotatable bonds is 8. The maximum atomic E-state index is 14.5. The number of benzene rings is 1. The molecule has 6 N–H and O–H groups in total. The number of amides is 2. The van der Waals surface area contributed by atoms with E-state index in [9.17, 15) is 23.9 Å². The number of nitriles is 1. The normalized spacial score (nSPS) is 21.7. The zero-order chi connectivity index (χ0) is 29.2. The van der Waals surface area contributed by atoms with E-state index in [1.807, 2.05) is 0 Å². The number of hydrogen-bond donors (Lipinski definition) is 5. The molecule has 41 heavy (non-hydrogen) atoms. The smallest absolute Gasteiger partial charge is 0.309 e. The Morgan fingerprint density at radius 2 is 1.85 bits per heavy atom. The number of guanidine groups is 1. The van der Waals surface area contributed by atoms with Crippen molar-refractivity contribution < 1.29 is 23.9 Å². The zero-order valence-corrected chi connectivity index (χ0v) is 22.0. The number of aliphatic imine (C=N–C) groups is 1. The third-order valence-electron chi connectivity index (χ3n) is 8.17. The second-order valence-electron chi connectivity index (χ2n) is 10.6. The highest BCUT2D eigenvalue weighted by atomic mass is 19.1. The van der Waals surface area contributed by atoms with Crippen LogP contribution in [-0.4, -0.2) is 50.0 Å². The van der Waals surface area contributed by atoms with E-state index in [2.05, 4.69) is 31.0 Å². The number of carboxylic acids is 1. The number of nitrogens with one attached hydrogen (secondary N) is 3. The summed E-state index contributed by atoms with van der Waals surface area (Å²) in [6.45, 7) is 0.411. The van der Waals surface area contributed by atoms with Gasteiger partial charge in [0.2, 0.25) is 5.96 Å². The van der Waals surface area contributed by atoms with E-state index >= 15 is 0 Å². The van der Waals surface area contributed by atoms with Crippen molar-refractivity contribution >= 4 is 35.1 Å². The fraction of sp³-hybridized carbons (Fsp3) is 0.370. The Bertz CT molecular complexity index is 1590. The number of carboxylic acid groups (broad SMARTS) is 1. The van der Waals surface area contributed by atoms with E-state index in [4.69, 9.17) is 11.0 Å². The highest BCUT2D eigenvalue weighted by Crippen LogP contribution is 2.56. The molecule has 3 saturated carbocycles. The van der Waals surface area contributed by atoms with Crippen molar-refractivity contribution in [3.63, 3.8) is 0 Å². The van der Waals surface area contributed by atoms with Crippen LogP contribution >= 0.6 is 0 Å². The largest absolute Gasteiger partial charge is 0.481 e. The van der Waals surface area contributed by atoms with Crippen molar-refractivity contribution in [2.24, 2.45) is 21.6 Å². The first-order valence-electron chi connectivity index (χ1n) is 13.1. The number of hydrogen-bond acceptors (Lipinski definition) is 7. The Kier molecular flexibility index (Phi) is 7.27. The lowest BCUT2D eigenvalue weighted by molar-refractivity contribution is -0.158. The van der Waals surface area contributed by atoms with Gasteiger partial charge in [0.05, 0.1) is 17.3 Å². The van der Waals surface area contributed by atoms with Crippen molar-refractivity contribution in [1.82, 2.24) is 30.5 Å². The molecule has 0 aliphatic heterocycles. The average Bonchev–Trinajstić information content (AvgIpc) is 3.35. The molecule has 0 unspecified atom stereocenters. The Morgan fingerprint density at radius 1 is 1.12 bits per heavy atom. The molecule has 212 valence electrons. The van der Waals surface area contributed by atoms with Gasteiger partial charge in [0.25, 0.3) is 11.8 Å². The van der Waals surface area contributed by atoms with Crippen LogP contribution in [0.4, 0.5) is 10.1 Å². The summed E-state index contributed by atoms with van der Waals surface area (Å²) < 4.78 is 15.5. The number of fused-ring (bicyclic) bond motifs is 4. The Morgan fingerprint density at radius 3 is 2.54 bits per heavy atom. The van der Waals surface area contributed by atoms with Crippen LogP contribution in [0.3, 0.4) is 0 Å². The molecular weight excluding hydrogens is 533 g/mol. The number of carbonyl (C=O) groups excluding carboxylic acids is 2. The molecule has 14 heteroatoms. The third-order valence-corrected chi connectivity index (χ3v) is 8.17. The van der Waals surface area contributed by atoms with Crippen LogP contribution in [0.5, 0.6) is 0 Å². The highest BCUT2D eigenvalue weighted by Gasteiger charge is 2.52. The summed E-state index contributed by atoms with van der Waals surface area (Å²) >= 11 is 0. The fourth-order valence-corrected chi connectivity index (χ4v) is 5.65. The minimum absolute atomic E-state index is 0.0521. The predicted molar refractivity (Wildman–Crippen MR) is 143 cm³/mol. The molecule has 0 radical (unpaired) electrons. The van der Waals surface area contributed by atoms with Gasteiger partial charge in [0.1, 0.15) is 11.4 Å². The van der Waals surface area contributed by atoms with Crippen LogP contribution in [0.1, 0.15) is 65.1 Å². The molecule has 13 nitrogen and oxygen atoms in total. The Labute approximate surface area is 233 Å². The topological polar surface area (TPSA) is 200 Å². The molecule has 2 amide bonds. The van der Waals surface area contributed by atoms with Gasteiger partial charge in [-0.1, -0.05) is 12.1 Å². The summed E-state index contributed by atoms with van der Waals surface area (Å²) in [6.07, 6.45) is 6.41. The van der Waals surface area contributed by atoms with Gasteiger partial charge >= 0.3 is 5.97 Å². The SMILES string of the molecule is N#CNC(N)=Nc1cccc(CNC(=O)c2cc(C(=O)NCC34CCC(C(=O)O)(CC3)CC4)n3ncc(F)c3n2)c1. The number of aromatic nitrogens is 3. The molecule has 1 aromatic carbocycles. The van der Waals surface area contributed by atoms with Crippen LogP contribution in [-0.2, 0) is 11.3 Å². The molecular formula is C27H28FN9O4. The molecule has 2 aromatic heterocycles. The maximum absolute atomic E-state index is 14.5. The van der Waals surface area contributed by atoms with E-state index in [1.54, 1.807) is 30.5 Å². The predicted octanol–water partition coefficient (Wildman–Crippen LogP) is 1.97. The standard InChI is InChI=1S/C27H28FN9O4/c28-18-13-34-37-20(23(39)32-14-26-4-7-27(8-5-26,9-6-26)24(40)41)11-19(36-21(18)37)22(38)31-12-16-2-1-3-17(10-16)35-25(30)33-15-29/h1-3,10-11,13H,4-9,12,14H2,(H,31,38)(H,32,39)(H,40,41)(H3,30,33,35). The van der Waals surface area contributed by atoms with Crippen molar-refractivity contribution in [1.29, 1.82) is 5.26 Å². The summed E-state index contributed by atoms with van der Waals surface area (Å²) in [5.41, 5.74) is 5.39. The summed E-state index contributed by atoms with van der Waals surface area (Å²) in [5.74, 6) is -2.80. The summed E-state index contributed by atoms with van der Waals surface area (Å²) in [5, 5.41) is 30.0. The van der Waals surface area contributed by atoms with Crippen molar-refractivity contribution in [3.8, 4) is 6.19 Å². The lowest BCUT2D eigenvalue weighted by Gasteiger charge is -2.51. The molecule has 3 fully saturated rings. The quantitative estimate of drug-likeness (QED) is 0.118. The van der Waals surface area contributed by atoms with Gasteiger partial charge in [0, 0.05) is 19.2 Å². The summed E-state index contributed by atoms with van der Waals surface area (Å²) in [7, 11) is 0. The fourth-order valence-electron chi connectivity index (χ4n) is 5.65. The second kappa shape index (κ2) is 10.8. The van der Waals surface area contributed by atoms with Crippen molar-refractivity contribution in [2.45, 2.75) is 45.1 Å². The number of carbonyl (C=O) groups is 3. The van der Waals surface area contributed by atoms with E-state index in [1.165, 1.54) is 6.07 Å². The van der Waals surface area contributed by atoms with E-state index in [0.717, 1.165) is 10.7 Å². The van der Waals surface area contributed by atoms with E-state index in [0.29, 0.717) is 56.3 Å². The van der Waals surface area contributed by atoms with E-state index in [-0.39, 0.29) is 35.0 Å². The van der Waals surface area contributed by atoms with Gasteiger partial charge in [-0.25, -0.2) is 18.9 Å². The first-order chi connectivity index (χ1) is 19.6. The minimum atomic E-state index is -0.786. The first kappa shape index (κ1) is 27.5. The molecule has 2 bridgehead atoms. The number of halogens is 1. The lowest BCUT2D eigenvalue weighted by atomic mass is 9.53. The van der Waals surface area contributed by atoms with Crippen LogP contribution in [0.25, 0.3) is 5.65 Å². The average molecular weight is 562 g/mol. The molecule has 3 aliphatic carbocycles. The number of nitrogens with zero attached hydrogens (tertiary/aromatic N) is 5. The maximum Gasteiger partial charge on any atom is 0.309 e. The lowest BCUT2D eigenvalue weighted by Crippen LogP contribution is -2.50. The van der Waals surface area contributed by atoms with Gasteiger partial charge < -0.3 is 21.5 Å². The minimum Gasteiger partial charge on any atom is -0.481 e. The van der Waals surface area contributed by atoms with Gasteiger partial charge in [-0.3, -0.25) is 19.7 Å². The number of nitrogens with two attached hydrogens (primary N) is 1. The molecule has 0 atom stereocenters. The molecule has 2 heterocycles. The van der Waals surface area contributed by atoms with Crippen molar-refractivity contribution in [3.05, 3.63) is 59.3 Å². The summed E-state index contributed by atoms with van der Waals surface area (Å²) in [6, 6.07) is 8.04. The van der Waals surface area contributed by atoms with Gasteiger partial charge in [-0.15, -0.1) is 0 Å². The molecule has 0 saturated heterocycles. The number of aliphatic carboxylic acids is 1.